The lowest BCUT2D eigenvalue weighted by Crippen LogP contribution is -2.33. The van der Waals surface area contributed by atoms with Gasteiger partial charge in [0.15, 0.2) is 5.11 Å². The van der Waals surface area contributed by atoms with E-state index in [1.807, 2.05) is 18.3 Å². The second-order valence-corrected chi connectivity index (χ2v) is 12.5. The van der Waals surface area contributed by atoms with Crippen molar-refractivity contribution in [1.29, 1.82) is 0 Å². The van der Waals surface area contributed by atoms with E-state index in [1.165, 1.54) is 46.6 Å². The zero-order valence-electron chi connectivity index (χ0n) is 24.5. The van der Waals surface area contributed by atoms with Crippen LogP contribution >= 0.6 is 23.8 Å². The van der Waals surface area contributed by atoms with E-state index < -0.39 is 0 Å². The van der Waals surface area contributed by atoms with Crippen molar-refractivity contribution in [2.24, 2.45) is 5.92 Å². The highest BCUT2D eigenvalue weighted by molar-refractivity contribution is 7.80. The lowest BCUT2D eigenvalue weighted by Gasteiger charge is -2.33. The van der Waals surface area contributed by atoms with Crippen molar-refractivity contribution < 1.29 is 0 Å². The first-order valence-electron chi connectivity index (χ1n) is 14.5. The predicted octanol–water partition coefficient (Wildman–Crippen LogP) is 8.17. The Hall–Kier alpha value is -3.35. The largest absolute Gasteiger partial charge is 0.370 e. The molecule has 0 unspecified atom stereocenters. The van der Waals surface area contributed by atoms with Crippen LogP contribution in [0, 0.1) is 33.6 Å². The van der Waals surface area contributed by atoms with Gasteiger partial charge in [-0.3, -0.25) is 4.98 Å². The van der Waals surface area contributed by atoms with Gasteiger partial charge < -0.3 is 19.7 Å². The highest BCUT2D eigenvalue weighted by atomic mass is 35.5. The topological polar surface area (TPSA) is 36.3 Å². The standard InChI is InChI=1S/C34H38ClN5S/c1-21-14-17-38(18-15-21)30-13-12-26(20-28(30)35)40-33(31(37-34(40)41)29-11-6-7-16-36-29)27-19-24(4)39(25(27)5)32-22(2)9-8-10-23(32)3/h6-13,16,19-21,31,33H,14-15,17-18H2,1-5H3,(H,37,41)/t31-,33+/m0/s1. The Labute approximate surface area is 254 Å². The van der Waals surface area contributed by atoms with E-state index in [2.05, 4.69) is 103 Å². The highest BCUT2D eigenvalue weighted by Crippen LogP contribution is 2.45. The summed E-state index contributed by atoms with van der Waals surface area (Å²) in [6.45, 7) is 13.2. The number of thiocarbonyl (C=S) groups is 1. The molecule has 1 N–H and O–H groups in total. The molecule has 0 radical (unpaired) electrons. The van der Waals surface area contributed by atoms with Gasteiger partial charge in [-0.05, 0) is 112 Å². The quantitative estimate of drug-likeness (QED) is 0.240. The summed E-state index contributed by atoms with van der Waals surface area (Å²) < 4.78 is 2.39. The van der Waals surface area contributed by atoms with Crippen LogP contribution in [0.1, 0.15) is 65.6 Å². The molecule has 4 aromatic rings. The first kappa shape index (κ1) is 27.8. The summed E-state index contributed by atoms with van der Waals surface area (Å²) in [5.41, 5.74) is 10.4. The number of halogens is 1. The van der Waals surface area contributed by atoms with Crippen LogP contribution in [0.3, 0.4) is 0 Å². The minimum Gasteiger partial charge on any atom is -0.370 e. The molecule has 2 aromatic heterocycles. The second kappa shape index (κ2) is 11.1. The van der Waals surface area contributed by atoms with Crippen molar-refractivity contribution in [2.75, 3.05) is 22.9 Å². The van der Waals surface area contributed by atoms with E-state index >= 15 is 0 Å². The highest BCUT2D eigenvalue weighted by Gasteiger charge is 2.42. The molecule has 7 heteroatoms. The van der Waals surface area contributed by atoms with Crippen LogP contribution in [0.2, 0.25) is 5.02 Å². The molecule has 2 aromatic carbocycles. The number of hydrogen-bond acceptors (Lipinski definition) is 3. The molecule has 0 amide bonds. The summed E-state index contributed by atoms with van der Waals surface area (Å²) in [6.07, 6.45) is 4.24. The Balaban J connectivity index is 1.46. The molecule has 5 nitrogen and oxygen atoms in total. The molecular formula is C34H38ClN5S. The maximum Gasteiger partial charge on any atom is 0.174 e. The molecule has 0 saturated carbocycles. The summed E-state index contributed by atoms with van der Waals surface area (Å²) >= 11 is 13.0. The number of nitrogens with zero attached hydrogens (tertiary/aromatic N) is 4. The number of aromatic nitrogens is 2. The Bertz CT molecular complexity index is 1570. The number of benzene rings is 2. The van der Waals surface area contributed by atoms with Crippen molar-refractivity contribution in [3.63, 3.8) is 0 Å². The number of hydrogen-bond donors (Lipinski definition) is 1. The molecule has 212 valence electrons. The van der Waals surface area contributed by atoms with Gasteiger partial charge in [-0.25, -0.2) is 0 Å². The lowest BCUT2D eigenvalue weighted by molar-refractivity contribution is 0.438. The molecule has 41 heavy (non-hydrogen) atoms. The van der Waals surface area contributed by atoms with Gasteiger partial charge in [-0.2, -0.15) is 0 Å². The maximum absolute atomic E-state index is 7.00. The second-order valence-electron chi connectivity index (χ2n) is 11.7. The molecule has 2 saturated heterocycles. The number of anilines is 2. The summed E-state index contributed by atoms with van der Waals surface area (Å²) in [5.74, 6) is 0.768. The number of para-hydroxylation sites is 1. The number of piperidine rings is 1. The number of rotatable bonds is 5. The smallest absolute Gasteiger partial charge is 0.174 e. The Morgan fingerprint density at radius 3 is 2.32 bits per heavy atom. The summed E-state index contributed by atoms with van der Waals surface area (Å²) in [6, 6.07) is 21.1. The third-order valence-electron chi connectivity index (χ3n) is 8.88. The molecule has 2 aliphatic rings. The fraction of sp³-hybridized carbons (Fsp3) is 0.353. The van der Waals surface area contributed by atoms with Crippen LogP contribution in [0.4, 0.5) is 11.4 Å². The molecular weight excluding hydrogens is 546 g/mol. The van der Waals surface area contributed by atoms with E-state index in [4.69, 9.17) is 28.8 Å². The van der Waals surface area contributed by atoms with Crippen LogP contribution in [0.15, 0.2) is 66.9 Å². The summed E-state index contributed by atoms with van der Waals surface area (Å²) in [5, 5.41) is 5.06. The first-order valence-corrected chi connectivity index (χ1v) is 15.3. The van der Waals surface area contributed by atoms with Crippen LogP contribution in [0.5, 0.6) is 0 Å². The molecule has 0 bridgehead atoms. The van der Waals surface area contributed by atoms with Gasteiger partial charge >= 0.3 is 0 Å². The molecule has 0 spiro atoms. The van der Waals surface area contributed by atoms with Gasteiger partial charge in [0, 0.05) is 36.4 Å². The minimum absolute atomic E-state index is 0.0978. The Kier molecular flexibility index (Phi) is 7.56. The van der Waals surface area contributed by atoms with Crippen molar-refractivity contribution in [1.82, 2.24) is 14.9 Å². The monoisotopic (exact) mass is 583 g/mol. The normalized spacial score (nSPS) is 19.6. The van der Waals surface area contributed by atoms with Crippen molar-refractivity contribution in [3.8, 4) is 5.69 Å². The lowest BCUT2D eigenvalue weighted by atomic mass is 9.96. The average molecular weight is 584 g/mol. The molecule has 4 heterocycles. The van der Waals surface area contributed by atoms with Crippen molar-refractivity contribution >= 4 is 40.3 Å². The third kappa shape index (κ3) is 5.02. The third-order valence-corrected chi connectivity index (χ3v) is 9.50. The average Bonchev–Trinajstić information content (AvgIpc) is 3.45. The zero-order chi connectivity index (χ0) is 28.8. The summed E-state index contributed by atoms with van der Waals surface area (Å²) in [7, 11) is 0. The summed E-state index contributed by atoms with van der Waals surface area (Å²) in [4.78, 5) is 9.41. The number of aryl methyl sites for hydroxylation is 3. The molecule has 0 aliphatic carbocycles. The van der Waals surface area contributed by atoms with Crippen LogP contribution in [0.25, 0.3) is 5.69 Å². The van der Waals surface area contributed by atoms with E-state index in [1.54, 1.807) is 0 Å². The Morgan fingerprint density at radius 2 is 1.66 bits per heavy atom. The fourth-order valence-corrected chi connectivity index (χ4v) is 7.33. The SMILES string of the molecule is Cc1cccc(C)c1-n1c(C)cc([C@@H]2[C@H](c3ccccn3)NC(=S)N2c2ccc(N3CCC(C)CC3)c(Cl)c2)c1C. The van der Waals surface area contributed by atoms with Gasteiger partial charge in [-0.15, -0.1) is 0 Å². The molecule has 2 aliphatic heterocycles. The van der Waals surface area contributed by atoms with E-state index in [-0.39, 0.29) is 12.1 Å². The zero-order valence-corrected chi connectivity index (χ0v) is 26.1. The minimum atomic E-state index is -0.113. The van der Waals surface area contributed by atoms with E-state index in [0.717, 1.165) is 41.1 Å². The van der Waals surface area contributed by atoms with Gasteiger partial charge in [-0.1, -0.05) is 42.8 Å². The van der Waals surface area contributed by atoms with Gasteiger partial charge in [0.25, 0.3) is 0 Å². The van der Waals surface area contributed by atoms with Crippen LogP contribution in [-0.2, 0) is 0 Å². The molecule has 6 rings (SSSR count). The van der Waals surface area contributed by atoms with Crippen LogP contribution < -0.4 is 15.1 Å². The first-order chi connectivity index (χ1) is 19.7. The van der Waals surface area contributed by atoms with Crippen molar-refractivity contribution in [3.05, 3.63) is 106 Å². The maximum atomic E-state index is 7.00. The molecule has 2 fully saturated rings. The number of nitrogens with one attached hydrogen (secondary N) is 1. The van der Waals surface area contributed by atoms with Gasteiger partial charge in [0.1, 0.15) is 0 Å². The predicted molar refractivity (Wildman–Crippen MR) is 175 cm³/mol. The van der Waals surface area contributed by atoms with Gasteiger partial charge in [0.05, 0.1) is 34.2 Å². The van der Waals surface area contributed by atoms with E-state index in [0.29, 0.717) is 5.11 Å². The fourth-order valence-electron chi connectivity index (χ4n) is 6.69. The molecule has 2 atom stereocenters. The van der Waals surface area contributed by atoms with E-state index in [9.17, 15) is 0 Å². The van der Waals surface area contributed by atoms with Gasteiger partial charge in [0.2, 0.25) is 0 Å². The number of pyridine rings is 1. The van der Waals surface area contributed by atoms with Crippen molar-refractivity contribution in [2.45, 2.75) is 59.5 Å². The van der Waals surface area contributed by atoms with Crippen LogP contribution in [-0.4, -0.2) is 27.8 Å². The Morgan fingerprint density at radius 1 is 0.927 bits per heavy atom.